The Morgan fingerprint density at radius 2 is 1.81 bits per heavy atom. The molecule has 0 radical (unpaired) electrons. The molecule has 5 nitrogen and oxygen atoms in total. The van der Waals surface area contributed by atoms with Gasteiger partial charge in [-0.15, -0.1) is 0 Å². The van der Waals surface area contributed by atoms with Crippen molar-refractivity contribution in [2.24, 2.45) is 0 Å². The van der Waals surface area contributed by atoms with Crippen LogP contribution in [0.3, 0.4) is 0 Å². The third-order valence-electron chi connectivity index (χ3n) is 5.44. The lowest BCUT2D eigenvalue weighted by Crippen LogP contribution is -2.18. The number of rotatable bonds is 4. The highest BCUT2D eigenvalue weighted by Crippen LogP contribution is 2.40. The largest absolute Gasteiger partial charge is 0.507 e. The summed E-state index contributed by atoms with van der Waals surface area (Å²) in [6, 6.07) is 13.7. The van der Waals surface area contributed by atoms with Gasteiger partial charge in [-0.25, -0.2) is 0 Å². The molecule has 0 saturated carbocycles. The summed E-state index contributed by atoms with van der Waals surface area (Å²) in [5, 5.41) is 12.4. The van der Waals surface area contributed by atoms with E-state index in [1.807, 2.05) is 45.0 Å². The molecular formula is C26H31N3O2. The van der Waals surface area contributed by atoms with Gasteiger partial charge in [0.05, 0.1) is 5.52 Å². The number of phenolic OH excluding ortho intramolecular Hbond substituents is 1. The lowest BCUT2D eigenvalue weighted by Gasteiger charge is -2.18. The summed E-state index contributed by atoms with van der Waals surface area (Å²) in [4.78, 5) is 21.9. The second-order valence-electron chi connectivity index (χ2n) is 7.98. The Bertz CT molecular complexity index is 1260. The SMILES string of the molecule is CC.Cc1cc(O)c(-c2ccc(C(C)CN(C)C)cc2)c2c1[nH]c(=O)c1ncccc12. The van der Waals surface area contributed by atoms with Crippen molar-refractivity contribution in [1.29, 1.82) is 0 Å². The maximum absolute atomic E-state index is 12.5. The van der Waals surface area contributed by atoms with E-state index >= 15 is 0 Å². The number of aromatic nitrogens is 2. The maximum atomic E-state index is 12.5. The number of aromatic hydroxyl groups is 1. The quantitative estimate of drug-likeness (QED) is 0.433. The van der Waals surface area contributed by atoms with E-state index in [-0.39, 0.29) is 11.3 Å². The molecule has 1 atom stereocenters. The maximum Gasteiger partial charge on any atom is 0.274 e. The first-order valence-electron chi connectivity index (χ1n) is 10.7. The van der Waals surface area contributed by atoms with Crippen LogP contribution in [0, 0.1) is 6.92 Å². The number of likely N-dealkylation sites (N-methyl/N-ethyl adjacent to an activating group) is 1. The number of aryl methyl sites for hydroxylation is 1. The van der Waals surface area contributed by atoms with Crippen LogP contribution in [0.4, 0.5) is 0 Å². The van der Waals surface area contributed by atoms with Gasteiger partial charge < -0.3 is 15.0 Å². The molecule has 0 aliphatic heterocycles. The van der Waals surface area contributed by atoms with Gasteiger partial charge in [-0.2, -0.15) is 0 Å². The minimum Gasteiger partial charge on any atom is -0.507 e. The number of nitrogens with one attached hydrogen (secondary N) is 1. The second kappa shape index (κ2) is 9.31. The zero-order valence-corrected chi connectivity index (χ0v) is 19.2. The first-order valence-corrected chi connectivity index (χ1v) is 10.7. The second-order valence-corrected chi connectivity index (χ2v) is 7.98. The lowest BCUT2D eigenvalue weighted by atomic mass is 9.92. The Labute approximate surface area is 183 Å². The molecule has 0 fully saturated rings. The summed E-state index contributed by atoms with van der Waals surface area (Å²) in [6.07, 6.45) is 1.61. The number of hydrogen-bond donors (Lipinski definition) is 2. The molecule has 4 aromatic rings. The first kappa shape index (κ1) is 22.5. The fourth-order valence-corrected chi connectivity index (χ4v) is 4.11. The van der Waals surface area contributed by atoms with Gasteiger partial charge in [0.25, 0.3) is 5.56 Å². The van der Waals surface area contributed by atoms with Gasteiger partial charge in [-0.05, 0) is 55.8 Å². The van der Waals surface area contributed by atoms with E-state index in [4.69, 9.17) is 0 Å². The first-order chi connectivity index (χ1) is 14.9. The lowest BCUT2D eigenvalue weighted by molar-refractivity contribution is 0.383. The van der Waals surface area contributed by atoms with Crippen LogP contribution in [-0.2, 0) is 0 Å². The average Bonchev–Trinajstić information content (AvgIpc) is 2.76. The van der Waals surface area contributed by atoms with Gasteiger partial charge in [0.1, 0.15) is 11.3 Å². The van der Waals surface area contributed by atoms with Crippen molar-refractivity contribution in [1.82, 2.24) is 14.9 Å². The zero-order valence-electron chi connectivity index (χ0n) is 19.2. The molecule has 0 aliphatic rings. The summed E-state index contributed by atoms with van der Waals surface area (Å²) in [7, 11) is 4.14. The van der Waals surface area contributed by atoms with Crippen LogP contribution in [0.5, 0.6) is 5.75 Å². The number of hydrogen-bond acceptors (Lipinski definition) is 4. The van der Waals surface area contributed by atoms with Crippen molar-refractivity contribution < 1.29 is 5.11 Å². The summed E-state index contributed by atoms with van der Waals surface area (Å²) in [6.45, 7) is 9.06. The van der Waals surface area contributed by atoms with Crippen LogP contribution in [0.1, 0.15) is 37.8 Å². The van der Waals surface area contributed by atoms with Crippen LogP contribution >= 0.6 is 0 Å². The van der Waals surface area contributed by atoms with E-state index in [0.29, 0.717) is 17.0 Å². The molecule has 1 unspecified atom stereocenters. The third kappa shape index (κ3) is 4.32. The summed E-state index contributed by atoms with van der Waals surface area (Å²) < 4.78 is 0. The van der Waals surface area contributed by atoms with E-state index < -0.39 is 0 Å². The Balaban J connectivity index is 0.00000132. The predicted octanol–water partition coefficient (Wildman–Crippen LogP) is 5.45. The van der Waals surface area contributed by atoms with E-state index in [0.717, 1.165) is 34.0 Å². The van der Waals surface area contributed by atoms with Gasteiger partial charge in [0, 0.05) is 29.1 Å². The molecule has 2 N–H and O–H groups in total. The standard InChI is InChI=1S/C24H25N3O2.C2H6/c1-14-12-19(28)20(17-9-7-16(8-10-17)15(2)13-27(3)4)21-18-6-5-11-25-23(18)24(29)26-22(14)21;1-2/h5-12,15,28H,13H2,1-4H3,(H,26,29);1-2H3. The monoisotopic (exact) mass is 417 g/mol. The van der Waals surface area contributed by atoms with Crippen LogP contribution in [0.25, 0.3) is 32.9 Å². The molecule has 4 rings (SSSR count). The van der Waals surface area contributed by atoms with Gasteiger partial charge >= 0.3 is 0 Å². The molecule has 2 aromatic carbocycles. The number of H-pyrrole nitrogens is 1. The van der Waals surface area contributed by atoms with E-state index in [2.05, 4.69) is 48.0 Å². The van der Waals surface area contributed by atoms with Gasteiger partial charge in [-0.1, -0.05) is 51.1 Å². The van der Waals surface area contributed by atoms with E-state index in [1.54, 1.807) is 12.3 Å². The van der Waals surface area contributed by atoms with Crippen molar-refractivity contribution in [3.8, 4) is 16.9 Å². The number of nitrogens with zero attached hydrogens (tertiary/aromatic N) is 2. The Morgan fingerprint density at radius 3 is 2.45 bits per heavy atom. The molecule has 0 saturated heterocycles. The Morgan fingerprint density at radius 1 is 1.13 bits per heavy atom. The highest BCUT2D eigenvalue weighted by atomic mass is 16.3. The smallest absolute Gasteiger partial charge is 0.274 e. The molecule has 0 aliphatic carbocycles. The van der Waals surface area contributed by atoms with Crippen molar-refractivity contribution in [3.05, 3.63) is 70.1 Å². The van der Waals surface area contributed by atoms with Crippen molar-refractivity contribution in [2.45, 2.75) is 33.6 Å². The summed E-state index contributed by atoms with van der Waals surface area (Å²) in [5.74, 6) is 0.602. The van der Waals surface area contributed by atoms with E-state index in [1.165, 1.54) is 5.56 Å². The molecule has 2 heterocycles. The molecule has 0 bridgehead atoms. The third-order valence-corrected chi connectivity index (χ3v) is 5.44. The number of benzene rings is 2. The molecule has 2 aromatic heterocycles. The summed E-state index contributed by atoms with van der Waals surface area (Å²) >= 11 is 0. The Hall–Kier alpha value is -3.18. The van der Waals surface area contributed by atoms with Crippen molar-refractivity contribution in [2.75, 3.05) is 20.6 Å². The van der Waals surface area contributed by atoms with Crippen LogP contribution in [-0.4, -0.2) is 40.6 Å². The molecule has 0 spiro atoms. The molecular weight excluding hydrogens is 386 g/mol. The average molecular weight is 418 g/mol. The molecule has 5 heteroatoms. The number of pyridine rings is 2. The Kier molecular flexibility index (Phi) is 6.76. The van der Waals surface area contributed by atoms with Crippen molar-refractivity contribution in [3.63, 3.8) is 0 Å². The molecule has 0 amide bonds. The highest BCUT2D eigenvalue weighted by molar-refractivity contribution is 6.14. The van der Waals surface area contributed by atoms with Crippen LogP contribution < -0.4 is 5.56 Å². The fourth-order valence-electron chi connectivity index (χ4n) is 4.11. The molecule has 162 valence electrons. The summed E-state index contributed by atoms with van der Waals surface area (Å²) in [5.41, 5.74) is 4.58. The topological polar surface area (TPSA) is 69.2 Å². The van der Waals surface area contributed by atoms with E-state index in [9.17, 15) is 9.90 Å². The highest BCUT2D eigenvalue weighted by Gasteiger charge is 2.17. The zero-order chi connectivity index (χ0) is 22.7. The van der Waals surface area contributed by atoms with Gasteiger partial charge in [-0.3, -0.25) is 9.78 Å². The normalized spacial score (nSPS) is 12.1. The van der Waals surface area contributed by atoms with Gasteiger partial charge in [0.15, 0.2) is 0 Å². The van der Waals surface area contributed by atoms with Gasteiger partial charge in [0.2, 0.25) is 0 Å². The number of aromatic amines is 1. The minimum atomic E-state index is -0.222. The van der Waals surface area contributed by atoms with Crippen LogP contribution in [0.15, 0.2) is 53.5 Å². The molecule has 31 heavy (non-hydrogen) atoms. The predicted molar refractivity (Wildman–Crippen MR) is 130 cm³/mol. The fraction of sp³-hybridized carbons (Fsp3) is 0.308. The minimum absolute atomic E-state index is 0.196. The number of fused-ring (bicyclic) bond motifs is 3. The van der Waals surface area contributed by atoms with Crippen molar-refractivity contribution >= 4 is 21.8 Å². The number of phenols is 1. The van der Waals surface area contributed by atoms with Crippen LogP contribution in [0.2, 0.25) is 0 Å².